The number of hydrogen-bond donors (Lipinski definition) is 1. The fraction of sp³-hybridized carbons (Fsp3) is 0.143. The smallest absolute Gasteiger partial charge is 0.273 e. The molecule has 0 fully saturated rings. The minimum atomic E-state index is -0.257. The molecule has 19 heavy (non-hydrogen) atoms. The zero-order chi connectivity index (χ0) is 13.8. The monoisotopic (exact) mass is 255 g/mol. The normalized spacial score (nSPS) is 9.89. The van der Waals surface area contributed by atoms with Crippen LogP contribution in [0.5, 0.6) is 5.75 Å². The van der Waals surface area contributed by atoms with Crippen molar-refractivity contribution in [1.29, 1.82) is 5.26 Å². The van der Waals surface area contributed by atoms with E-state index in [1.807, 2.05) is 0 Å². The topological polar surface area (TPSA) is 81.0 Å². The molecule has 1 aromatic heterocycles. The molecule has 5 nitrogen and oxygen atoms in total. The van der Waals surface area contributed by atoms with Gasteiger partial charge in [0, 0.05) is 11.8 Å². The van der Waals surface area contributed by atoms with Crippen LogP contribution in [0, 0.1) is 11.3 Å². The van der Waals surface area contributed by atoms with E-state index in [9.17, 15) is 4.79 Å². The summed E-state index contributed by atoms with van der Waals surface area (Å²) in [5.74, 6) is 0.633. The summed E-state index contributed by atoms with van der Waals surface area (Å²) in [7, 11) is 1.55. The van der Waals surface area contributed by atoms with E-state index in [0.29, 0.717) is 17.9 Å². The van der Waals surface area contributed by atoms with Crippen molar-refractivity contribution in [2.75, 3.05) is 12.8 Å². The van der Waals surface area contributed by atoms with E-state index in [1.54, 1.807) is 43.6 Å². The van der Waals surface area contributed by atoms with Crippen molar-refractivity contribution in [1.82, 2.24) is 4.57 Å². The number of hydrogen-bond acceptors (Lipinski definition) is 4. The van der Waals surface area contributed by atoms with E-state index in [1.165, 1.54) is 4.57 Å². The minimum Gasteiger partial charge on any atom is -0.496 e. The Morgan fingerprint density at radius 2 is 2.21 bits per heavy atom. The Kier molecular flexibility index (Phi) is 3.53. The molecule has 0 saturated carbocycles. The third-order valence-electron chi connectivity index (χ3n) is 2.80. The van der Waals surface area contributed by atoms with Crippen LogP contribution in [0.3, 0.4) is 0 Å². The van der Waals surface area contributed by atoms with Gasteiger partial charge in [-0.15, -0.1) is 0 Å². The summed E-state index contributed by atoms with van der Waals surface area (Å²) < 4.78 is 6.71. The zero-order valence-electron chi connectivity index (χ0n) is 10.5. The maximum absolute atomic E-state index is 11.9. The highest BCUT2D eigenvalue weighted by atomic mass is 16.5. The van der Waals surface area contributed by atoms with Crippen LogP contribution < -0.4 is 16.0 Å². The Morgan fingerprint density at radius 3 is 2.89 bits per heavy atom. The van der Waals surface area contributed by atoms with Crippen molar-refractivity contribution in [2.45, 2.75) is 6.54 Å². The molecule has 0 unspecified atom stereocenters. The highest BCUT2D eigenvalue weighted by Gasteiger charge is 2.07. The summed E-state index contributed by atoms with van der Waals surface area (Å²) in [6.07, 6.45) is 1.65. The van der Waals surface area contributed by atoms with Crippen LogP contribution in [0.15, 0.2) is 41.3 Å². The number of rotatable bonds is 3. The third kappa shape index (κ3) is 2.58. The first-order valence-corrected chi connectivity index (χ1v) is 5.67. The van der Waals surface area contributed by atoms with Crippen molar-refractivity contribution < 1.29 is 4.74 Å². The number of benzene rings is 1. The molecule has 0 spiro atoms. The van der Waals surface area contributed by atoms with Crippen molar-refractivity contribution in [3.05, 3.63) is 58.0 Å². The molecule has 0 radical (unpaired) electrons. The van der Waals surface area contributed by atoms with Crippen LogP contribution in [0.1, 0.15) is 11.1 Å². The summed E-state index contributed by atoms with van der Waals surface area (Å²) in [5.41, 5.74) is 6.80. The lowest BCUT2D eigenvalue weighted by Gasteiger charge is -2.11. The molecule has 0 aliphatic carbocycles. The van der Waals surface area contributed by atoms with Gasteiger partial charge in [-0.25, -0.2) is 0 Å². The molecular weight excluding hydrogens is 242 g/mol. The summed E-state index contributed by atoms with van der Waals surface area (Å²) in [4.78, 5) is 11.9. The van der Waals surface area contributed by atoms with E-state index >= 15 is 0 Å². The minimum absolute atomic E-state index is 0.193. The fourth-order valence-corrected chi connectivity index (χ4v) is 1.84. The Hall–Kier alpha value is -2.74. The van der Waals surface area contributed by atoms with Gasteiger partial charge >= 0.3 is 0 Å². The second kappa shape index (κ2) is 5.27. The molecule has 5 heteroatoms. The second-order valence-corrected chi connectivity index (χ2v) is 4.04. The maximum Gasteiger partial charge on any atom is 0.273 e. The molecule has 0 aliphatic rings. The zero-order valence-corrected chi connectivity index (χ0v) is 10.5. The van der Waals surface area contributed by atoms with Gasteiger partial charge in [0.25, 0.3) is 5.56 Å². The number of ether oxygens (including phenoxy) is 1. The standard InChI is InChI=1S/C14H13N3O2/c1-19-13-5-4-10(8-15)7-11(13)9-17-6-2-3-12(16)14(17)18/h2-7H,9,16H2,1H3. The first-order chi connectivity index (χ1) is 9.15. The van der Waals surface area contributed by atoms with Gasteiger partial charge in [-0.05, 0) is 30.3 Å². The van der Waals surface area contributed by atoms with Crippen molar-refractivity contribution in [3.8, 4) is 11.8 Å². The van der Waals surface area contributed by atoms with Gasteiger partial charge in [0.15, 0.2) is 0 Å². The SMILES string of the molecule is COc1ccc(C#N)cc1Cn1cccc(N)c1=O. The molecule has 2 N–H and O–H groups in total. The largest absolute Gasteiger partial charge is 0.496 e. The van der Waals surface area contributed by atoms with Crippen LogP contribution in [0.4, 0.5) is 5.69 Å². The number of pyridine rings is 1. The van der Waals surface area contributed by atoms with Gasteiger partial charge in [-0.2, -0.15) is 5.26 Å². The number of methoxy groups -OCH3 is 1. The Bertz CT molecular complexity index is 699. The van der Waals surface area contributed by atoms with Crippen molar-refractivity contribution in [2.24, 2.45) is 0 Å². The number of nitrogen functional groups attached to an aromatic ring is 1. The number of anilines is 1. The Labute approximate surface area is 110 Å². The van der Waals surface area contributed by atoms with E-state index in [-0.39, 0.29) is 11.2 Å². The average molecular weight is 255 g/mol. The van der Waals surface area contributed by atoms with Crippen LogP contribution in [0.2, 0.25) is 0 Å². The first-order valence-electron chi connectivity index (χ1n) is 5.67. The number of nitrogens with zero attached hydrogens (tertiary/aromatic N) is 2. The van der Waals surface area contributed by atoms with Crippen LogP contribution in [0.25, 0.3) is 0 Å². The fourth-order valence-electron chi connectivity index (χ4n) is 1.84. The van der Waals surface area contributed by atoms with E-state index in [4.69, 9.17) is 15.7 Å². The van der Waals surface area contributed by atoms with E-state index in [0.717, 1.165) is 5.56 Å². The molecular formula is C14H13N3O2. The van der Waals surface area contributed by atoms with Crippen LogP contribution in [-0.2, 0) is 6.54 Å². The Balaban J connectivity index is 2.45. The summed E-state index contributed by atoms with van der Waals surface area (Å²) in [5, 5.41) is 8.91. The number of aromatic nitrogens is 1. The van der Waals surface area contributed by atoms with Gasteiger partial charge in [0.2, 0.25) is 0 Å². The van der Waals surface area contributed by atoms with Gasteiger partial charge in [0.05, 0.1) is 31.0 Å². The molecule has 0 amide bonds. The van der Waals surface area contributed by atoms with Gasteiger partial charge in [0.1, 0.15) is 5.75 Å². The molecule has 0 atom stereocenters. The van der Waals surface area contributed by atoms with Gasteiger partial charge in [-0.3, -0.25) is 4.79 Å². The van der Waals surface area contributed by atoms with Crippen LogP contribution in [-0.4, -0.2) is 11.7 Å². The predicted molar refractivity (Wildman–Crippen MR) is 71.9 cm³/mol. The third-order valence-corrected chi connectivity index (χ3v) is 2.80. The highest BCUT2D eigenvalue weighted by Crippen LogP contribution is 2.20. The number of nitriles is 1. The van der Waals surface area contributed by atoms with E-state index in [2.05, 4.69) is 6.07 Å². The summed E-state index contributed by atoms with van der Waals surface area (Å²) in [6.45, 7) is 0.308. The van der Waals surface area contributed by atoms with Crippen molar-refractivity contribution >= 4 is 5.69 Å². The summed E-state index contributed by atoms with van der Waals surface area (Å²) in [6, 6.07) is 10.4. The second-order valence-electron chi connectivity index (χ2n) is 4.04. The molecule has 2 aromatic rings. The van der Waals surface area contributed by atoms with Crippen LogP contribution >= 0.6 is 0 Å². The van der Waals surface area contributed by atoms with E-state index < -0.39 is 0 Å². The lowest BCUT2D eigenvalue weighted by atomic mass is 10.1. The maximum atomic E-state index is 11.9. The lowest BCUT2D eigenvalue weighted by Crippen LogP contribution is -2.22. The molecule has 0 saturated heterocycles. The van der Waals surface area contributed by atoms with Gasteiger partial charge in [-0.1, -0.05) is 0 Å². The quantitative estimate of drug-likeness (QED) is 0.897. The molecule has 1 aromatic carbocycles. The first kappa shape index (κ1) is 12.7. The number of nitrogens with two attached hydrogens (primary N) is 1. The lowest BCUT2D eigenvalue weighted by molar-refractivity contribution is 0.408. The average Bonchev–Trinajstić information content (AvgIpc) is 2.43. The molecule has 1 heterocycles. The van der Waals surface area contributed by atoms with Crippen molar-refractivity contribution in [3.63, 3.8) is 0 Å². The molecule has 2 rings (SSSR count). The highest BCUT2D eigenvalue weighted by molar-refractivity contribution is 5.42. The molecule has 0 bridgehead atoms. The predicted octanol–water partition coefficient (Wildman–Crippen LogP) is 1.36. The summed E-state index contributed by atoms with van der Waals surface area (Å²) >= 11 is 0. The molecule has 96 valence electrons. The Morgan fingerprint density at radius 1 is 1.42 bits per heavy atom. The van der Waals surface area contributed by atoms with Gasteiger partial charge < -0.3 is 15.0 Å². The molecule has 0 aliphatic heterocycles.